The molecule has 1 aromatic carbocycles. The molecule has 0 aliphatic heterocycles. The van der Waals surface area contributed by atoms with Crippen LogP contribution >= 0.6 is 0 Å². The molecule has 3 amide bonds. The first-order valence-corrected chi connectivity index (χ1v) is 18.5. The topological polar surface area (TPSA) is 239 Å². The van der Waals surface area contributed by atoms with Gasteiger partial charge in [-0.15, -0.1) is 0 Å². The van der Waals surface area contributed by atoms with Crippen LogP contribution in [0.15, 0.2) is 103 Å². The number of ether oxygens (including phenoxy) is 3. The molecule has 7 N–H and O–H groups in total. The first-order chi connectivity index (χ1) is 27.5. The van der Waals surface area contributed by atoms with E-state index in [1.807, 2.05) is 43.4 Å². The van der Waals surface area contributed by atoms with Crippen molar-refractivity contribution in [3.63, 3.8) is 0 Å². The lowest BCUT2D eigenvalue weighted by Crippen LogP contribution is -2.55. The lowest BCUT2D eigenvalue weighted by molar-refractivity contribution is -0.141. The average molecular weight is 797 g/mol. The summed E-state index contributed by atoms with van der Waals surface area (Å²) >= 11 is 0. The van der Waals surface area contributed by atoms with E-state index in [0.717, 1.165) is 12.0 Å². The van der Waals surface area contributed by atoms with E-state index >= 15 is 0 Å². The number of carboxylic acid groups (broad SMARTS) is 1. The smallest absolute Gasteiger partial charge is 0.410 e. The van der Waals surface area contributed by atoms with Crippen LogP contribution in [0, 0.1) is 0 Å². The first-order valence-electron chi connectivity index (χ1n) is 18.5. The van der Waals surface area contributed by atoms with E-state index in [2.05, 4.69) is 26.0 Å². The molecule has 0 radical (unpaired) electrons. The van der Waals surface area contributed by atoms with E-state index in [1.54, 1.807) is 66.8 Å². The molecular weight excluding hydrogens is 740 g/mol. The molecule has 5 atom stereocenters. The van der Waals surface area contributed by atoms with Crippen molar-refractivity contribution in [1.29, 1.82) is 0 Å². The van der Waals surface area contributed by atoms with Crippen molar-refractivity contribution in [2.45, 2.75) is 89.0 Å². The normalized spacial score (nSPS) is 14.5. The third-order valence-electron chi connectivity index (χ3n) is 7.68. The average Bonchev–Trinajstić information content (AvgIpc) is 3.20. The second-order valence-corrected chi connectivity index (χ2v) is 12.2. The zero-order valence-corrected chi connectivity index (χ0v) is 32.4. The summed E-state index contributed by atoms with van der Waals surface area (Å²) < 4.78 is 14.7. The summed E-state index contributed by atoms with van der Waals surface area (Å²) in [4.78, 5) is 72.1. The third-order valence-corrected chi connectivity index (χ3v) is 7.68. The number of esters is 1. The van der Waals surface area contributed by atoms with Gasteiger partial charge in [0, 0.05) is 25.8 Å². The number of hydrogen-bond donors (Lipinski definition) is 7. The highest BCUT2D eigenvalue weighted by atomic mass is 16.6. The highest BCUT2D eigenvalue weighted by Crippen LogP contribution is 2.08. The zero-order chi connectivity index (χ0) is 42.1. The second-order valence-electron chi connectivity index (χ2n) is 12.2. The Morgan fingerprint density at radius 2 is 1.54 bits per heavy atom. The number of alkyl carbamates (subject to hydrolysis) is 1. The Bertz CT molecular complexity index is 1540. The summed E-state index contributed by atoms with van der Waals surface area (Å²) in [7, 11) is 1.22. The number of benzene rings is 1. The lowest BCUT2D eigenvalue weighted by Gasteiger charge is -2.25. The maximum atomic E-state index is 13.0. The number of hydrogen-bond acceptors (Lipinski definition) is 12. The fourth-order valence-corrected chi connectivity index (χ4v) is 4.67. The molecule has 0 heterocycles. The number of carboxylic acids is 1. The summed E-state index contributed by atoms with van der Waals surface area (Å²) in [6.07, 6.45) is 19.2. The Morgan fingerprint density at radius 1 is 0.842 bits per heavy atom. The predicted octanol–water partition coefficient (Wildman–Crippen LogP) is 3.04. The molecule has 0 spiro atoms. The van der Waals surface area contributed by atoms with Gasteiger partial charge in [-0.2, -0.15) is 0 Å². The molecule has 16 nitrogen and oxygen atoms in total. The van der Waals surface area contributed by atoms with Crippen LogP contribution in [0.1, 0.15) is 57.4 Å². The molecule has 0 aromatic heterocycles. The van der Waals surface area contributed by atoms with Gasteiger partial charge in [-0.25, -0.2) is 4.79 Å². The summed E-state index contributed by atoms with van der Waals surface area (Å²) in [5.74, 6) is -3.41. The number of nitrogens with one attached hydrogen (secondary N) is 4. The van der Waals surface area contributed by atoms with Crippen molar-refractivity contribution in [3.05, 3.63) is 109 Å². The predicted molar refractivity (Wildman–Crippen MR) is 212 cm³/mol. The quantitative estimate of drug-likeness (QED) is 0.0154. The number of aliphatic hydroxyl groups is 2. The van der Waals surface area contributed by atoms with Crippen LogP contribution in [0.3, 0.4) is 0 Å². The van der Waals surface area contributed by atoms with Crippen LogP contribution in [-0.4, -0.2) is 102 Å². The summed E-state index contributed by atoms with van der Waals surface area (Å²) in [6, 6.07) is 6.66. The second kappa shape index (κ2) is 31.4. The lowest BCUT2D eigenvalue weighted by atomic mass is 10.0. The van der Waals surface area contributed by atoms with E-state index in [9.17, 15) is 39.0 Å². The Labute approximate surface area is 333 Å². The number of carbonyl (C=O) groups is 6. The van der Waals surface area contributed by atoms with Gasteiger partial charge in [0.15, 0.2) is 6.23 Å². The molecule has 0 saturated carbocycles. The molecule has 312 valence electrons. The van der Waals surface area contributed by atoms with Crippen LogP contribution in [0.5, 0.6) is 0 Å². The molecule has 0 saturated heterocycles. The van der Waals surface area contributed by atoms with Crippen molar-refractivity contribution in [2.24, 2.45) is 0 Å². The number of amides is 3. The van der Waals surface area contributed by atoms with Gasteiger partial charge in [0.05, 0.1) is 25.4 Å². The molecular formula is C41H56N4O12. The number of methoxy groups -OCH3 is 1. The van der Waals surface area contributed by atoms with Crippen LogP contribution in [-0.2, 0) is 44.8 Å². The third kappa shape index (κ3) is 25.8. The zero-order valence-electron chi connectivity index (χ0n) is 32.4. The van der Waals surface area contributed by atoms with Gasteiger partial charge in [0.1, 0.15) is 19.2 Å². The number of allylic oxidation sites excluding steroid dienone is 9. The van der Waals surface area contributed by atoms with Crippen LogP contribution in [0.2, 0.25) is 0 Å². The molecule has 0 unspecified atom stereocenters. The minimum Gasteiger partial charge on any atom is -0.480 e. The molecule has 57 heavy (non-hydrogen) atoms. The molecule has 0 aliphatic rings. The molecule has 1 rings (SSSR count). The summed E-state index contributed by atoms with van der Waals surface area (Å²) in [6.45, 7) is 1.06. The molecule has 0 fully saturated rings. The molecule has 0 aliphatic carbocycles. The van der Waals surface area contributed by atoms with Crippen molar-refractivity contribution in [3.8, 4) is 0 Å². The highest BCUT2D eigenvalue weighted by Gasteiger charge is 2.25. The van der Waals surface area contributed by atoms with Crippen LogP contribution in [0.25, 0.3) is 0 Å². The van der Waals surface area contributed by atoms with Gasteiger partial charge in [-0.05, 0) is 31.2 Å². The van der Waals surface area contributed by atoms with Gasteiger partial charge in [0.2, 0.25) is 11.8 Å². The van der Waals surface area contributed by atoms with E-state index in [1.165, 1.54) is 7.11 Å². The fraction of sp³-hybridized carbons (Fsp3) is 0.415. The summed E-state index contributed by atoms with van der Waals surface area (Å²) in [5.41, 5.74) is 0.719. The van der Waals surface area contributed by atoms with E-state index in [-0.39, 0.29) is 45.3 Å². The van der Waals surface area contributed by atoms with E-state index in [4.69, 9.17) is 14.6 Å². The Balaban J connectivity index is 2.91. The molecule has 0 bridgehead atoms. The maximum absolute atomic E-state index is 13.0. The minimum atomic E-state index is -1.34. The van der Waals surface area contributed by atoms with Gasteiger partial charge >= 0.3 is 18.0 Å². The number of carbonyl (C=O) groups excluding carboxylic acids is 5. The van der Waals surface area contributed by atoms with Crippen LogP contribution in [0.4, 0.5) is 4.79 Å². The first kappa shape index (κ1) is 49.2. The maximum Gasteiger partial charge on any atom is 0.410 e. The minimum absolute atomic E-state index is 0.00726. The Morgan fingerprint density at radius 3 is 2.23 bits per heavy atom. The van der Waals surface area contributed by atoms with Crippen LogP contribution < -0.4 is 21.3 Å². The van der Waals surface area contributed by atoms with Gasteiger partial charge in [-0.3, -0.25) is 29.3 Å². The van der Waals surface area contributed by atoms with E-state index in [0.29, 0.717) is 12.8 Å². The number of aliphatic hydroxyl groups excluding tert-OH is 2. The molecule has 1 aromatic rings. The van der Waals surface area contributed by atoms with E-state index < -0.39 is 66.9 Å². The van der Waals surface area contributed by atoms with Crippen molar-refractivity contribution < 1.29 is 58.3 Å². The fourth-order valence-electron chi connectivity index (χ4n) is 4.67. The standard InChI is InChI=1S/C41H56N4O12/c1-3-4-13-20-32(47)21-16-10-8-6-5-7-9-11-17-22-33(35(48)23-26-39(52)55-2)42-27-34(40(53)43-28-38(50)51)44-36(49)24-25-37(57-30-46)45-41(54)56-29-31-18-14-12-15-19-31/h4-5,7-19,21-22,30,32-35,37,42,47-48H,3,6,20,23-29H2,1-2H3,(H,43,53)(H,44,49)(H,45,54)(H,50,51)/b7-5-,10-8-,11-9+,13-4-,21-16+,22-17+/t32-,33+,34-,35-,37+/m0/s1. The van der Waals surface area contributed by atoms with Crippen molar-refractivity contribution >= 4 is 36.3 Å². The Hall–Kier alpha value is -5.84. The van der Waals surface area contributed by atoms with Crippen molar-refractivity contribution in [2.75, 3.05) is 20.2 Å². The highest BCUT2D eigenvalue weighted by molar-refractivity contribution is 5.89. The number of rotatable bonds is 29. The van der Waals surface area contributed by atoms with Gasteiger partial charge < -0.3 is 45.5 Å². The number of aliphatic carboxylic acids is 1. The van der Waals surface area contributed by atoms with Crippen molar-refractivity contribution in [1.82, 2.24) is 21.3 Å². The molecule has 16 heteroatoms. The SMILES string of the molecule is CC/C=C\C[C@H](O)/C=C/C=C\C\C=C/C=C/C=C/[C@@H](NC[C@H](NC(=O)CC[C@H](NC(=O)OCc1ccccc1)OC=O)C(=O)NCC(=O)O)[C@@H](O)CCC(=O)OC. The Kier molecular flexibility index (Phi) is 27.1. The van der Waals surface area contributed by atoms with Gasteiger partial charge in [0.25, 0.3) is 6.47 Å². The summed E-state index contributed by atoms with van der Waals surface area (Å²) in [5, 5.41) is 39.9. The monoisotopic (exact) mass is 796 g/mol. The largest absolute Gasteiger partial charge is 0.480 e. The van der Waals surface area contributed by atoms with Gasteiger partial charge in [-0.1, -0.05) is 110 Å².